The average molecular weight is 557 g/mol. The van der Waals surface area contributed by atoms with E-state index in [4.69, 9.17) is 9.47 Å². The number of para-hydroxylation sites is 1. The van der Waals surface area contributed by atoms with Gasteiger partial charge in [-0.05, 0) is 29.8 Å². The molecule has 2 aromatic rings. The molecular weight excluding hydrogens is 520 g/mol. The number of rotatable bonds is 10. The fourth-order valence-electron chi connectivity index (χ4n) is 4.88. The fourth-order valence-corrected chi connectivity index (χ4v) is 6.38. The molecular formula is C27H36N6O5S. The number of ether oxygens (including phenoxy) is 2. The van der Waals surface area contributed by atoms with E-state index < -0.39 is 10.0 Å². The molecule has 0 bridgehead atoms. The van der Waals surface area contributed by atoms with Gasteiger partial charge in [0.25, 0.3) is 0 Å². The number of piperazine rings is 1. The van der Waals surface area contributed by atoms with Crippen LogP contribution in [0.4, 0.5) is 5.69 Å². The third kappa shape index (κ3) is 7.27. The van der Waals surface area contributed by atoms with E-state index in [9.17, 15) is 13.2 Å². The summed E-state index contributed by atoms with van der Waals surface area (Å²) in [5.74, 6) is 0.684. The van der Waals surface area contributed by atoms with Crippen molar-refractivity contribution in [1.29, 1.82) is 0 Å². The van der Waals surface area contributed by atoms with Crippen LogP contribution in [0.1, 0.15) is 11.1 Å². The molecule has 1 amide bonds. The maximum absolute atomic E-state index is 13.6. The van der Waals surface area contributed by atoms with E-state index in [2.05, 4.69) is 20.3 Å². The van der Waals surface area contributed by atoms with Crippen LogP contribution in [0.5, 0.6) is 0 Å². The zero-order valence-electron chi connectivity index (χ0n) is 22.1. The number of hydrazone groups is 1. The summed E-state index contributed by atoms with van der Waals surface area (Å²) >= 11 is 0. The number of hydrogen-bond acceptors (Lipinski definition) is 9. The van der Waals surface area contributed by atoms with Gasteiger partial charge in [-0.1, -0.05) is 30.3 Å². The maximum atomic E-state index is 13.6. The number of nitrogens with zero attached hydrogens (tertiary/aromatic N) is 5. The first-order chi connectivity index (χ1) is 19.0. The second-order valence-corrected chi connectivity index (χ2v) is 11.8. The Labute approximate surface area is 230 Å². The van der Waals surface area contributed by atoms with Gasteiger partial charge >= 0.3 is 0 Å². The molecule has 0 aromatic heterocycles. The third-order valence-corrected chi connectivity index (χ3v) is 8.92. The van der Waals surface area contributed by atoms with E-state index in [0.29, 0.717) is 57.7 Å². The summed E-state index contributed by atoms with van der Waals surface area (Å²) in [7, 11) is -3.60. The molecule has 0 aliphatic carbocycles. The molecule has 3 aliphatic heterocycles. The fraction of sp³-hybridized carbons (Fsp3) is 0.481. The minimum atomic E-state index is -3.60. The number of carbonyl (C=O) groups is 1. The van der Waals surface area contributed by atoms with E-state index in [1.54, 1.807) is 0 Å². The summed E-state index contributed by atoms with van der Waals surface area (Å²) in [4.78, 5) is 18.8. The Balaban J connectivity index is 1.17. The Bertz CT molecular complexity index is 1230. The molecule has 0 unspecified atom stereocenters. The lowest BCUT2D eigenvalue weighted by atomic mass is 10.1. The summed E-state index contributed by atoms with van der Waals surface area (Å²) in [6.45, 7) is 6.89. The number of hydrogen-bond donors (Lipinski definition) is 1. The predicted octanol–water partition coefficient (Wildman–Crippen LogP) is 0.738. The van der Waals surface area contributed by atoms with Crippen LogP contribution in [0, 0.1) is 0 Å². The quantitative estimate of drug-likeness (QED) is 0.457. The van der Waals surface area contributed by atoms with Crippen LogP contribution >= 0.6 is 0 Å². The van der Waals surface area contributed by atoms with Crippen molar-refractivity contribution in [3.63, 3.8) is 0 Å². The molecule has 2 saturated heterocycles. The van der Waals surface area contributed by atoms with E-state index in [-0.39, 0.29) is 18.2 Å². The van der Waals surface area contributed by atoms with Crippen molar-refractivity contribution in [2.45, 2.75) is 6.54 Å². The normalized spacial score (nSPS) is 18.8. The first-order valence-electron chi connectivity index (χ1n) is 13.4. The largest absolute Gasteiger partial charge is 0.454 e. The molecule has 5 rings (SSSR count). The summed E-state index contributed by atoms with van der Waals surface area (Å²) in [5, 5.41) is 4.10. The topological polar surface area (TPSA) is 107 Å². The highest BCUT2D eigenvalue weighted by atomic mass is 32.2. The number of carbonyl (C=O) groups excluding carboxylic acids is 1. The van der Waals surface area contributed by atoms with Gasteiger partial charge < -0.3 is 14.4 Å². The third-order valence-electron chi connectivity index (χ3n) is 7.21. The lowest BCUT2D eigenvalue weighted by Gasteiger charge is -2.36. The maximum Gasteiger partial charge on any atom is 0.239 e. The second-order valence-electron chi connectivity index (χ2n) is 9.83. The van der Waals surface area contributed by atoms with Crippen molar-refractivity contribution in [1.82, 2.24) is 20.1 Å². The summed E-state index contributed by atoms with van der Waals surface area (Å²) < 4.78 is 39.5. The summed E-state index contributed by atoms with van der Waals surface area (Å²) in [6.07, 6.45) is 0. The van der Waals surface area contributed by atoms with Gasteiger partial charge in [-0.3, -0.25) is 24.3 Å². The first kappa shape index (κ1) is 27.4. The molecule has 0 atom stereocenters. The monoisotopic (exact) mass is 556 g/mol. The van der Waals surface area contributed by atoms with Crippen LogP contribution in [-0.2, 0) is 30.8 Å². The molecule has 2 aromatic carbocycles. The zero-order chi connectivity index (χ0) is 27.1. The van der Waals surface area contributed by atoms with Gasteiger partial charge in [0.05, 0.1) is 37.7 Å². The van der Waals surface area contributed by atoms with E-state index in [0.717, 1.165) is 37.3 Å². The Morgan fingerprint density at radius 3 is 2.28 bits per heavy atom. The molecule has 12 heteroatoms. The smallest absolute Gasteiger partial charge is 0.239 e. The van der Waals surface area contributed by atoms with Crippen LogP contribution in [0.15, 0.2) is 59.7 Å². The van der Waals surface area contributed by atoms with E-state index in [1.165, 1.54) is 4.31 Å². The Morgan fingerprint density at radius 1 is 0.923 bits per heavy atom. The highest BCUT2D eigenvalue weighted by Gasteiger charge is 2.27. The molecule has 3 aliphatic rings. The van der Waals surface area contributed by atoms with Crippen molar-refractivity contribution in [3.05, 3.63) is 65.7 Å². The standard InChI is InChI=1S/C27H36N6O5S/c34-26(32-14-17-37-18-15-32)21-31-12-10-30(11-13-31)16-19-39(35,36)33(25-4-2-1-3-5-25)20-23-6-8-24(9-7-23)27-29-28-22-38-27/h1-9,28H,10-22H2. The second kappa shape index (κ2) is 12.8. The van der Waals surface area contributed by atoms with Crippen LogP contribution in [0.25, 0.3) is 0 Å². The SMILES string of the molecule is O=C(CN1CCN(CCS(=O)(=O)N(Cc2ccc(C3=NNCO3)cc2)c2ccccc2)CC1)N1CCOCC1. The summed E-state index contributed by atoms with van der Waals surface area (Å²) in [6, 6.07) is 16.8. The minimum Gasteiger partial charge on any atom is -0.454 e. The highest BCUT2D eigenvalue weighted by molar-refractivity contribution is 7.92. The lowest BCUT2D eigenvalue weighted by Crippen LogP contribution is -2.52. The van der Waals surface area contributed by atoms with Gasteiger partial charge in [-0.2, -0.15) is 0 Å². The van der Waals surface area contributed by atoms with Crippen molar-refractivity contribution < 1.29 is 22.7 Å². The molecule has 2 fully saturated rings. The van der Waals surface area contributed by atoms with Gasteiger partial charge in [0.1, 0.15) is 0 Å². The Hall–Kier alpha value is -3.19. The highest BCUT2D eigenvalue weighted by Crippen LogP contribution is 2.22. The van der Waals surface area contributed by atoms with Crippen LogP contribution < -0.4 is 9.73 Å². The van der Waals surface area contributed by atoms with Crippen molar-refractivity contribution in [2.75, 3.05) is 82.4 Å². The van der Waals surface area contributed by atoms with Crippen LogP contribution in [0.2, 0.25) is 0 Å². The van der Waals surface area contributed by atoms with E-state index >= 15 is 0 Å². The van der Waals surface area contributed by atoms with Crippen molar-refractivity contribution in [3.8, 4) is 0 Å². The molecule has 39 heavy (non-hydrogen) atoms. The Morgan fingerprint density at radius 2 is 1.62 bits per heavy atom. The predicted molar refractivity (Wildman–Crippen MR) is 149 cm³/mol. The molecule has 1 N–H and O–H groups in total. The van der Waals surface area contributed by atoms with E-state index in [1.807, 2.05) is 59.5 Å². The zero-order valence-corrected chi connectivity index (χ0v) is 22.9. The number of amides is 1. The van der Waals surface area contributed by atoms with Gasteiger partial charge in [0, 0.05) is 51.4 Å². The number of anilines is 1. The molecule has 210 valence electrons. The number of benzene rings is 2. The minimum absolute atomic E-state index is 0.0169. The van der Waals surface area contributed by atoms with Gasteiger partial charge in [0.2, 0.25) is 21.8 Å². The van der Waals surface area contributed by atoms with Gasteiger partial charge in [0.15, 0.2) is 6.73 Å². The number of nitrogens with one attached hydrogen (secondary N) is 1. The van der Waals surface area contributed by atoms with Crippen LogP contribution in [0.3, 0.4) is 0 Å². The molecule has 11 nitrogen and oxygen atoms in total. The van der Waals surface area contributed by atoms with Crippen LogP contribution in [-0.4, -0.2) is 113 Å². The molecule has 0 radical (unpaired) electrons. The average Bonchev–Trinajstić information content (AvgIpc) is 3.52. The molecule has 0 spiro atoms. The molecule has 3 heterocycles. The lowest BCUT2D eigenvalue weighted by molar-refractivity contribution is -0.136. The number of morpholine rings is 1. The molecule has 0 saturated carbocycles. The first-order valence-corrected chi connectivity index (χ1v) is 15.0. The Kier molecular flexibility index (Phi) is 8.97. The van der Waals surface area contributed by atoms with Crippen molar-refractivity contribution in [2.24, 2.45) is 5.10 Å². The van der Waals surface area contributed by atoms with Crippen molar-refractivity contribution >= 4 is 27.5 Å². The van der Waals surface area contributed by atoms with Gasteiger partial charge in [-0.15, -0.1) is 5.10 Å². The van der Waals surface area contributed by atoms with Gasteiger partial charge in [-0.25, -0.2) is 8.42 Å². The summed E-state index contributed by atoms with van der Waals surface area (Å²) in [5.41, 5.74) is 5.12. The number of sulfonamides is 1.